The predicted octanol–water partition coefficient (Wildman–Crippen LogP) is 3.07. The second-order valence-corrected chi connectivity index (χ2v) is 7.03. The Bertz CT molecular complexity index is 730. The topological polar surface area (TPSA) is 83.0 Å². The molecule has 114 valence electrons. The molecule has 5 nitrogen and oxygen atoms in total. The Balaban J connectivity index is 2.42. The third-order valence-corrected chi connectivity index (χ3v) is 4.49. The van der Waals surface area contributed by atoms with Crippen LogP contribution < -0.4 is 5.56 Å². The molecule has 0 amide bonds. The molecular weight excluding hydrogens is 288 g/mol. The van der Waals surface area contributed by atoms with Crippen molar-refractivity contribution in [3.8, 4) is 0 Å². The van der Waals surface area contributed by atoms with Crippen molar-refractivity contribution < 1.29 is 9.90 Å². The number of hydrogen-bond donors (Lipinski definition) is 2. The van der Waals surface area contributed by atoms with E-state index in [0.29, 0.717) is 17.6 Å². The number of carboxylic acids is 1. The van der Waals surface area contributed by atoms with Gasteiger partial charge in [0.25, 0.3) is 5.56 Å². The van der Waals surface area contributed by atoms with Crippen molar-refractivity contribution in [2.45, 2.75) is 46.5 Å². The lowest BCUT2D eigenvalue weighted by Gasteiger charge is -2.08. The van der Waals surface area contributed by atoms with E-state index in [0.717, 1.165) is 15.3 Å². The van der Waals surface area contributed by atoms with Crippen LogP contribution in [0.1, 0.15) is 49.4 Å². The van der Waals surface area contributed by atoms with Gasteiger partial charge in [0, 0.05) is 17.7 Å². The molecule has 0 aliphatic carbocycles. The molecule has 1 atom stereocenters. The van der Waals surface area contributed by atoms with Crippen LogP contribution in [0.3, 0.4) is 0 Å². The molecule has 0 spiro atoms. The van der Waals surface area contributed by atoms with Crippen LogP contribution in [0.15, 0.2) is 4.79 Å². The van der Waals surface area contributed by atoms with Gasteiger partial charge in [-0.2, -0.15) is 0 Å². The minimum absolute atomic E-state index is 0.0614. The summed E-state index contributed by atoms with van der Waals surface area (Å²) in [5, 5.41) is 9.48. The zero-order valence-electron chi connectivity index (χ0n) is 12.7. The normalized spacial score (nSPS) is 13.0. The standard InChI is InChI=1S/C15H20N2O3S/c1-7(2)12-9(4)21-15-13(12)14(20)16-10(17-15)5-8(3)6-11(18)19/h7-8H,5-6H2,1-4H3,(H,18,19)(H,16,17,20). The van der Waals surface area contributed by atoms with Crippen molar-refractivity contribution in [2.75, 3.05) is 0 Å². The number of aromatic nitrogens is 2. The van der Waals surface area contributed by atoms with Crippen LogP contribution in [0.2, 0.25) is 0 Å². The SMILES string of the molecule is Cc1sc2nc(CC(C)CC(=O)O)[nH]c(=O)c2c1C(C)C. The summed E-state index contributed by atoms with van der Waals surface area (Å²) in [6.45, 7) is 7.99. The molecule has 0 aromatic carbocycles. The summed E-state index contributed by atoms with van der Waals surface area (Å²) in [4.78, 5) is 32.2. The fourth-order valence-electron chi connectivity index (χ4n) is 2.68. The molecule has 0 aliphatic rings. The van der Waals surface area contributed by atoms with Gasteiger partial charge in [-0.3, -0.25) is 9.59 Å². The summed E-state index contributed by atoms with van der Waals surface area (Å²) >= 11 is 1.53. The lowest BCUT2D eigenvalue weighted by molar-refractivity contribution is -0.137. The number of H-pyrrole nitrogens is 1. The summed E-state index contributed by atoms with van der Waals surface area (Å²) in [6.07, 6.45) is 0.536. The molecule has 2 aromatic rings. The maximum atomic E-state index is 12.3. The van der Waals surface area contributed by atoms with Gasteiger partial charge in [-0.15, -0.1) is 11.3 Å². The number of aliphatic carboxylic acids is 1. The second-order valence-electron chi connectivity index (χ2n) is 5.83. The summed E-state index contributed by atoms with van der Waals surface area (Å²) in [7, 11) is 0. The number of rotatable bonds is 5. The molecule has 21 heavy (non-hydrogen) atoms. The van der Waals surface area contributed by atoms with E-state index in [9.17, 15) is 9.59 Å². The quantitative estimate of drug-likeness (QED) is 0.889. The predicted molar refractivity (Wildman–Crippen MR) is 84.2 cm³/mol. The van der Waals surface area contributed by atoms with Crippen molar-refractivity contribution in [1.82, 2.24) is 9.97 Å². The van der Waals surface area contributed by atoms with E-state index in [1.165, 1.54) is 11.3 Å². The molecule has 0 saturated carbocycles. The molecule has 0 saturated heterocycles. The van der Waals surface area contributed by atoms with Crippen LogP contribution >= 0.6 is 11.3 Å². The van der Waals surface area contributed by atoms with Crippen LogP contribution in [0, 0.1) is 12.8 Å². The van der Waals surface area contributed by atoms with Gasteiger partial charge in [-0.05, 0) is 24.3 Å². The van der Waals surface area contributed by atoms with Gasteiger partial charge in [-0.25, -0.2) is 4.98 Å². The number of thiophene rings is 1. The van der Waals surface area contributed by atoms with Crippen LogP contribution in [-0.2, 0) is 11.2 Å². The first-order chi connectivity index (χ1) is 9.79. The van der Waals surface area contributed by atoms with Gasteiger partial charge in [0.2, 0.25) is 0 Å². The van der Waals surface area contributed by atoms with Gasteiger partial charge in [0.1, 0.15) is 10.7 Å². The second kappa shape index (κ2) is 5.97. The summed E-state index contributed by atoms with van der Waals surface area (Å²) < 4.78 is 0. The van der Waals surface area contributed by atoms with Gasteiger partial charge in [-0.1, -0.05) is 20.8 Å². The summed E-state index contributed by atoms with van der Waals surface area (Å²) in [6, 6.07) is 0. The lowest BCUT2D eigenvalue weighted by atomic mass is 10.0. The lowest BCUT2D eigenvalue weighted by Crippen LogP contribution is -2.15. The largest absolute Gasteiger partial charge is 0.481 e. The first kappa shape index (κ1) is 15.7. The zero-order chi connectivity index (χ0) is 15.7. The van der Waals surface area contributed by atoms with Crippen molar-refractivity contribution in [2.24, 2.45) is 5.92 Å². The molecule has 0 radical (unpaired) electrons. The minimum atomic E-state index is -0.833. The Labute approximate surface area is 127 Å². The number of carboxylic acid groups (broad SMARTS) is 1. The highest BCUT2D eigenvalue weighted by Gasteiger charge is 2.18. The van der Waals surface area contributed by atoms with Crippen LogP contribution in [-0.4, -0.2) is 21.0 Å². The van der Waals surface area contributed by atoms with E-state index >= 15 is 0 Å². The zero-order valence-corrected chi connectivity index (χ0v) is 13.5. The van der Waals surface area contributed by atoms with Gasteiger partial charge in [0.15, 0.2) is 0 Å². The van der Waals surface area contributed by atoms with E-state index in [1.54, 1.807) is 0 Å². The molecule has 1 unspecified atom stereocenters. The highest BCUT2D eigenvalue weighted by molar-refractivity contribution is 7.18. The number of fused-ring (bicyclic) bond motifs is 1. The Hall–Kier alpha value is -1.69. The molecule has 0 aliphatic heterocycles. The molecular formula is C15H20N2O3S. The average Bonchev–Trinajstić information content (AvgIpc) is 2.64. The van der Waals surface area contributed by atoms with Crippen molar-refractivity contribution in [3.63, 3.8) is 0 Å². The monoisotopic (exact) mass is 308 g/mol. The minimum Gasteiger partial charge on any atom is -0.481 e. The number of hydrogen-bond acceptors (Lipinski definition) is 4. The number of nitrogens with zero attached hydrogens (tertiary/aromatic N) is 1. The van der Waals surface area contributed by atoms with Crippen LogP contribution in [0.5, 0.6) is 0 Å². The molecule has 2 N–H and O–H groups in total. The molecule has 2 heterocycles. The number of aromatic amines is 1. The molecule has 2 rings (SSSR count). The maximum absolute atomic E-state index is 12.3. The van der Waals surface area contributed by atoms with E-state index in [1.807, 2.05) is 13.8 Å². The van der Waals surface area contributed by atoms with E-state index < -0.39 is 5.97 Å². The Kier molecular flexibility index (Phi) is 4.46. The number of carbonyl (C=O) groups is 1. The maximum Gasteiger partial charge on any atom is 0.303 e. The molecule has 6 heteroatoms. The van der Waals surface area contributed by atoms with Crippen molar-refractivity contribution in [3.05, 3.63) is 26.6 Å². The van der Waals surface area contributed by atoms with E-state index in [2.05, 4.69) is 23.8 Å². The molecule has 0 bridgehead atoms. The molecule has 0 fully saturated rings. The average molecular weight is 308 g/mol. The smallest absolute Gasteiger partial charge is 0.303 e. The third kappa shape index (κ3) is 3.32. The summed E-state index contributed by atoms with van der Waals surface area (Å²) in [5.74, 6) is -0.0510. The van der Waals surface area contributed by atoms with Crippen LogP contribution in [0.25, 0.3) is 10.2 Å². The fraction of sp³-hybridized carbons (Fsp3) is 0.533. The fourth-order valence-corrected chi connectivity index (χ4v) is 3.87. The van der Waals surface area contributed by atoms with E-state index in [4.69, 9.17) is 5.11 Å². The highest BCUT2D eigenvalue weighted by atomic mass is 32.1. The Morgan fingerprint density at radius 1 is 1.38 bits per heavy atom. The van der Waals surface area contributed by atoms with Crippen molar-refractivity contribution >= 4 is 27.5 Å². The van der Waals surface area contributed by atoms with Crippen molar-refractivity contribution in [1.29, 1.82) is 0 Å². The van der Waals surface area contributed by atoms with Crippen LogP contribution in [0.4, 0.5) is 0 Å². The van der Waals surface area contributed by atoms with Gasteiger partial charge < -0.3 is 10.1 Å². The number of nitrogens with one attached hydrogen (secondary N) is 1. The van der Waals surface area contributed by atoms with E-state index in [-0.39, 0.29) is 23.8 Å². The first-order valence-corrected chi connectivity index (χ1v) is 7.85. The molecule has 2 aromatic heterocycles. The summed E-state index contributed by atoms with van der Waals surface area (Å²) in [5.41, 5.74) is 0.944. The van der Waals surface area contributed by atoms with Gasteiger partial charge >= 0.3 is 5.97 Å². The number of aryl methyl sites for hydroxylation is 1. The van der Waals surface area contributed by atoms with Gasteiger partial charge in [0.05, 0.1) is 5.39 Å². The Morgan fingerprint density at radius 2 is 2.05 bits per heavy atom. The first-order valence-electron chi connectivity index (χ1n) is 7.03. The highest BCUT2D eigenvalue weighted by Crippen LogP contribution is 2.32. The third-order valence-electron chi connectivity index (χ3n) is 3.48. The Morgan fingerprint density at radius 3 is 2.62 bits per heavy atom.